The van der Waals surface area contributed by atoms with Gasteiger partial charge >= 0.3 is 0 Å². The normalized spacial score (nSPS) is 14.2. The fourth-order valence-corrected chi connectivity index (χ4v) is 1.48. The summed E-state index contributed by atoms with van der Waals surface area (Å²) in [7, 11) is 0. The molecular weight excluding hydrogens is 162 g/mol. The second kappa shape index (κ2) is 5.20. The lowest BCUT2D eigenvalue weighted by Gasteiger charge is -2.34. The Kier molecular flexibility index (Phi) is 4.96. The fraction of sp³-hybridized carbons (Fsp3) is 0.636. The van der Waals surface area contributed by atoms with Gasteiger partial charge < -0.3 is 10.8 Å². The number of rotatable bonds is 6. The van der Waals surface area contributed by atoms with Gasteiger partial charge in [0.1, 0.15) is 0 Å². The molecule has 1 atom stereocenters. The van der Waals surface area contributed by atoms with Crippen LogP contribution >= 0.6 is 0 Å². The molecule has 0 unspecified atom stereocenters. The summed E-state index contributed by atoms with van der Waals surface area (Å²) in [5, 5.41) is 10.2. The van der Waals surface area contributed by atoms with E-state index < -0.39 is 5.60 Å². The summed E-state index contributed by atoms with van der Waals surface area (Å²) in [4.78, 5) is 0. The second-order valence-corrected chi connectivity index (χ2v) is 3.86. The maximum atomic E-state index is 10.2. The first-order valence-corrected chi connectivity index (χ1v) is 4.67. The minimum Gasteiger partial charge on any atom is -0.388 e. The van der Waals surface area contributed by atoms with Gasteiger partial charge in [-0.3, -0.25) is 0 Å². The predicted octanol–water partition coefficient (Wildman–Crippen LogP) is 1.85. The molecule has 0 aromatic carbocycles. The molecule has 0 amide bonds. The molecule has 0 spiro atoms. The van der Waals surface area contributed by atoms with Crippen LogP contribution in [0.5, 0.6) is 0 Å². The Bertz CT molecular complexity index is 165. The zero-order valence-electron chi connectivity index (χ0n) is 8.66. The zero-order chi connectivity index (χ0) is 10.5. The highest BCUT2D eigenvalue weighted by Gasteiger charge is 2.33. The average Bonchev–Trinajstić information content (AvgIpc) is 2.03. The van der Waals surface area contributed by atoms with Crippen molar-refractivity contribution < 1.29 is 5.11 Å². The SMILES string of the molecule is C=CCC(O)(CC=C)[C@H](N)C(C)C. The molecule has 0 fully saturated rings. The molecule has 76 valence electrons. The summed E-state index contributed by atoms with van der Waals surface area (Å²) >= 11 is 0. The molecule has 0 radical (unpaired) electrons. The van der Waals surface area contributed by atoms with E-state index in [1.54, 1.807) is 12.2 Å². The minimum atomic E-state index is -0.877. The van der Waals surface area contributed by atoms with E-state index in [2.05, 4.69) is 13.2 Å². The van der Waals surface area contributed by atoms with E-state index in [4.69, 9.17) is 5.73 Å². The number of nitrogens with two attached hydrogens (primary N) is 1. The highest BCUT2D eigenvalue weighted by atomic mass is 16.3. The van der Waals surface area contributed by atoms with Crippen LogP contribution in [0.3, 0.4) is 0 Å². The molecule has 0 aliphatic carbocycles. The van der Waals surface area contributed by atoms with Crippen molar-refractivity contribution in [1.29, 1.82) is 0 Å². The Hall–Kier alpha value is -0.600. The molecule has 0 aromatic heterocycles. The van der Waals surface area contributed by atoms with Crippen molar-refractivity contribution >= 4 is 0 Å². The maximum absolute atomic E-state index is 10.2. The Morgan fingerprint density at radius 3 is 1.92 bits per heavy atom. The molecule has 0 saturated heterocycles. The monoisotopic (exact) mass is 183 g/mol. The van der Waals surface area contributed by atoms with Gasteiger partial charge in [-0.05, 0) is 18.8 Å². The summed E-state index contributed by atoms with van der Waals surface area (Å²) in [5.41, 5.74) is 5.04. The van der Waals surface area contributed by atoms with Crippen molar-refractivity contribution in [2.75, 3.05) is 0 Å². The van der Waals surface area contributed by atoms with Gasteiger partial charge in [0, 0.05) is 6.04 Å². The first kappa shape index (κ1) is 12.4. The fourth-order valence-electron chi connectivity index (χ4n) is 1.48. The lowest BCUT2D eigenvalue weighted by molar-refractivity contribution is 0.00532. The van der Waals surface area contributed by atoms with E-state index in [0.29, 0.717) is 12.8 Å². The van der Waals surface area contributed by atoms with Crippen LogP contribution in [-0.2, 0) is 0 Å². The summed E-state index contributed by atoms with van der Waals surface area (Å²) < 4.78 is 0. The highest BCUT2D eigenvalue weighted by Crippen LogP contribution is 2.24. The molecule has 0 bridgehead atoms. The zero-order valence-corrected chi connectivity index (χ0v) is 8.66. The average molecular weight is 183 g/mol. The van der Waals surface area contributed by atoms with Gasteiger partial charge in [0.05, 0.1) is 5.60 Å². The van der Waals surface area contributed by atoms with Crippen molar-refractivity contribution in [1.82, 2.24) is 0 Å². The lowest BCUT2D eigenvalue weighted by atomic mass is 9.82. The highest BCUT2D eigenvalue weighted by molar-refractivity contribution is 4.99. The Balaban J connectivity index is 4.54. The van der Waals surface area contributed by atoms with E-state index in [9.17, 15) is 5.11 Å². The summed E-state index contributed by atoms with van der Waals surface area (Å²) in [5.74, 6) is 0.255. The van der Waals surface area contributed by atoms with Gasteiger partial charge in [-0.15, -0.1) is 13.2 Å². The van der Waals surface area contributed by atoms with Gasteiger partial charge in [0.2, 0.25) is 0 Å². The third-order valence-corrected chi connectivity index (χ3v) is 2.33. The Labute approximate surface area is 81.1 Å². The third-order valence-electron chi connectivity index (χ3n) is 2.33. The van der Waals surface area contributed by atoms with E-state index in [1.165, 1.54) is 0 Å². The topological polar surface area (TPSA) is 46.2 Å². The van der Waals surface area contributed by atoms with Crippen molar-refractivity contribution in [3.05, 3.63) is 25.3 Å². The largest absolute Gasteiger partial charge is 0.388 e. The van der Waals surface area contributed by atoms with Crippen LogP contribution in [0.25, 0.3) is 0 Å². The molecule has 0 saturated carbocycles. The predicted molar refractivity (Wildman–Crippen MR) is 57.4 cm³/mol. The Morgan fingerprint density at radius 2 is 1.69 bits per heavy atom. The first-order valence-electron chi connectivity index (χ1n) is 4.67. The number of hydrogen-bond acceptors (Lipinski definition) is 2. The standard InChI is InChI=1S/C11H21NO/c1-5-7-11(13,8-6-2)10(12)9(3)4/h5-6,9-10,13H,1-2,7-8,12H2,3-4H3/t10-/m1/s1. The summed E-state index contributed by atoms with van der Waals surface area (Å²) in [6.45, 7) is 11.2. The third kappa shape index (κ3) is 3.33. The molecule has 0 aromatic rings. The minimum absolute atomic E-state index is 0.233. The lowest BCUT2D eigenvalue weighted by Crippen LogP contribution is -2.50. The smallest absolute Gasteiger partial charge is 0.0868 e. The first-order chi connectivity index (χ1) is 5.98. The van der Waals surface area contributed by atoms with Gasteiger partial charge in [-0.2, -0.15) is 0 Å². The van der Waals surface area contributed by atoms with Crippen LogP contribution in [0.2, 0.25) is 0 Å². The molecule has 3 N–H and O–H groups in total. The molecule has 0 aliphatic heterocycles. The second-order valence-electron chi connectivity index (χ2n) is 3.86. The molecule has 0 heterocycles. The van der Waals surface area contributed by atoms with Gasteiger partial charge in [-0.1, -0.05) is 26.0 Å². The number of hydrogen-bond donors (Lipinski definition) is 2. The van der Waals surface area contributed by atoms with E-state index in [0.717, 1.165) is 0 Å². The van der Waals surface area contributed by atoms with Crippen molar-refractivity contribution in [3.8, 4) is 0 Å². The molecule has 0 rings (SSSR count). The van der Waals surface area contributed by atoms with Crippen molar-refractivity contribution in [3.63, 3.8) is 0 Å². The quantitative estimate of drug-likeness (QED) is 0.617. The Morgan fingerprint density at radius 1 is 1.31 bits per heavy atom. The van der Waals surface area contributed by atoms with Crippen LogP contribution in [0.4, 0.5) is 0 Å². The van der Waals surface area contributed by atoms with Crippen molar-refractivity contribution in [2.45, 2.75) is 38.3 Å². The maximum Gasteiger partial charge on any atom is 0.0868 e. The molecular formula is C11H21NO. The molecule has 0 aliphatic rings. The van der Waals surface area contributed by atoms with E-state index in [1.807, 2.05) is 13.8 Å². The summed E-state index contributed by atoms with van der Waals surface area (Å²) in [6.07, 6.45) is 4.42. The van der Waals surface area contributed by atoms with E-state index >= 15 is 0 Å². The van der Waals surface area contributed by atoms with Crippen LogP contribution in [0.1, 0.15) is 26.7 Å². The molecule has 2 nitrogen and oxygen atoms in total. The van der Waals surface area contributed by atoms with Gasteiger partial charge in [-0.25, -0.2) is 0 Å². The van der Waals surface area contributed by atoms with Gasteiger partial charge in [0.15, 0.2) is 0 Å². The van der Waals surface area contributed by atoms with Crippen LogP contribution < -0.4 is 5.73 Å². The van der Waals surface area contributed by atoms with Crippen LogP contribution in [0.15, 0.2) is 25.3 Å². The van der Waals surface area contributed by atoms with E-state index in [-0.39, 0.29) is 12.0 Å². The van der Waals surface area contributed by atoms with Crippen LogP contribution in [0, 0.1) is 5.92 Å². The summed E-state index contributed by atoms with van der Waals surface area (Å²) in [6, 6.07) is -0.233. The molecule has 2 heteroatoms. The van der Waals surface area contributed by atoms with Gasteiger partial charge in [0.25, 0.3) is 0 Å². The van der Waals surface area contributed by atoms with Crippen LogP contribution in [-0.4, -0.2) is 16.7 Å². The molecule has 13 heavy (non-hydrogen) atoms. The van der Waals surface area contributed by atoms with Crippen molar-refractivity contribution in [2.24, 2.45) is 11.7 Å². The number of aliphatic hydroxyl groups is 1.